The van der Waals surface area contributed by atoms with Crippen LogP contribution in [0.5, 0.6) is 0 Å². The predicted molar refractivity (Wildman–Crippen MR) is 57.7 cm³/mol. The molecule has 1 saturated heterocycles. The van der Waals surface area contributed by atoms with E-state index in [4.69, 9.17) is 5.11 Å². The predicted octanol–water partition coefficient (Wildman–Crippen LogP) is 2.90. The molecule has 1 aromatic carbocycles. The molecule has 2 nitrogen and oxygen atoms in total. The number of likely N-dealkylation sites (tertiary alicyclic amines) is 1. The first kappa shape index (κ1) is 15.1. The van der Waals surface area contributed by atoms with Gasteiger partial charge in [-0.2, -0.15) is 26.3 Å². The van der Waals surface area contributed by atoms with E-state index in [-0.39, 0.29) is 31.3 Å². The molecule has 20 heavy (non-hydrogen) atoms. The lowest BCUT2D eigenvalue weighted by Crippen LogP contribution is -2.49. The van der Waals surface area contributed by atoms with Gasteiger partial charge in [0.2, 0.25) is 0 Å². The van der Waals surface area contributed by atoms with Crippen molar-refractivity contribution in [3.8, 4) is 0 Å². The summed E-state index contributed by atoms with van der Waals surface area (Å²) in [5.74, 6) is 0. The van der Waals surface area contributed by atoms with Crippen molar-refractivity contribution in [2.24, 2.45) is 0 Å². The molecule has 0 radical (unpaired) electrons. The molecule has 0 amide bonds. The monoisotopic (exact) mass is 299 g/mol. The molecule has 0 saturated carbocycles. The zero-order valence-corrected chi connectivity index (χ0v) is 10.1. The number of aliphatic hydroxyl groups is 1. The average Bonchev–Trinajstić information content (AvgIpc) is 2.24. The van der Waals surface area contributed by atoms with Crippen LogP contribution in [0.15, 0.2) is 18.2 Å². The third kappa shape index (κ3) is 3.43. The number of benzene rings is 1. The summed E-state index contributed by atoms with van der Waals surface area (Å²) in [6, 6.07) is 1.52. The van der Waals surface area contributed by atoms with Crippen LogP contribution in [0.25, 0.3) is 0 Å². The highest BCUT2D eigenvalue weighted by atomic mass is 19.4. The molecule has 8 heteroatoms. The topological polar surface area (TPSA) is 23.5 Å². The van der Waals surface area contributed by atoms with Crippen LogP contribution in [0.3, 0.4) is 0 Å². The standard InChI is InChI=1S/C12H11F6NO/c13-11(14,15)8-1-7(4-19-5-10(20)6-19)2-9(3-8)12(16,17)18/h1-3,10,20H,4-6H2. The molecule has 1 N–H and O–H groups in total. The van der Waals surface area contributed by atoms with Gasteiger partial charge in [0, 0.05) is 19.6 Å². The van der Waals surface area contributed by atoms with Crippen molar-refractivity contribution in [1.29, 1.82) is 0 Å². The Balaban J connectivity index is 2.31. The van der Waals surface area contributed by atoms with Crippen LogP contribution >= 0.6 is 0 Å². The van der Waals surface area contributed by atoms with Crippen LogP contribution in [-0.2, 0) is 18.9 Å². The average molecular weight is 299 g/mol. The SMILES string of the molecule is OC1CN(Cc2cc(C(F)(F)F)cc(C(F)(F)F)c2)C1. The van der Waals surface area contributed by atoms with E-state index in [9.17, 15) is 26.3 Å². The van der Waals surface area contributed by atoms with E-state index in [0.717, 1.165) is 0 Å². The van der Waals surface area contributed by atoms with E-state index in [1.54, 1.807) is 4.90 Å². The van der Waals surface area contributed by atoms with Crippen molar-refractivity contribution < 1.29 is 31.4 Å². The van der Waals surface area contributed by atoms with Crippen molar-refractivity contribution in [2.75, 3.05) is 13.1 Å². The second-order valence-electron chi connectivity index (χ2n) is 4.76. The second kappa shape index (κ2) is 4.92. The number of hydrogen-bond acceptors (Lipinski definition) is 2. The lowest BCUT2D eigenvalue weighted by Gasteiger charge is -2.36. The molecule has 0 atom stereocenters. The number of hydrogen-bond donors (Lipinski definition) is 1. The highest BCUT2D eigenvalue weighted by Crippen LogP contribution is 2.36. The summed E-state index contributed by atoms with van der Waals surface area (Å²) in [4.78, 5) is 1.57. The van der Waals surface area contributed by atoms with Crippen LogP contribution in [0, 0.1) is 0 Å². The molecule has 112 valence electrons. The van der Waals surface area contributed by atoms with Crippen molar-refractivity contribution in [3.05, 3.63) is 34.9 Å². The number of rotatable bonds is 2. The van der Waals surface area contributed by atoms with Gasteiger partial charge in [-0.05, 0) is 23.8 Å². The molecule has 2 rings (SSSR count). The largest absolute Gasteiger partial charge is 0.416 e. The highest BCUT2D eigenvalue weighted by Gasteiger charge is 2.37. The molecule has 1 fully saturated rings. The van der Waals surface area contributed by atoms with Crippen molar-refractivity contribution in [2.45, 2.75) is 25.0 Å². The minimum Gasteiger partial charge on any atom is -0.390 e. The van der Waals surface area contributed by atoms with Gasteiger partial charge in [-0.1, -0.05) is 0 Å². The van der Waals surface area contributed by atoms with Crippen molar-refractivity contribution >= 4 is 0 Å². The smallest absolute Gasteiger partial charge is 0.390 e. The minimum atomic E-state index is -4.83. The van der Waals surface area contributed by atoms with E-state index in [1.807, 2.05) is 0 Å². The summed E-state index contributed by atoms with van der Waals surface area (Å²) in [7, 11) is 0. The van der Waals surface area contributed by atoms with Gasteiger partial charge in [-0.25, -0.2) is 0 Å². The van der Waals surface area contributed by atoms with Gasteiger partial charge in [0.1, 0.15) is 0 Å². The Kier molecular flexibility index (Phi) is 3.72. The maximum atomic E-state index is 12.6. The Bertz CT molecular complexity index is 457. The molecule has 1 heterocycles. The summed E-state index contributed by atoms with van der Waals surface area (Å²) < 4.78 is 75.7. The fourth-order valence-electron chi connectivity index (χ4n) is 2.04. The van der Waals surface area contributed by atoms with E-state index in [1.165, 1.54) is 0 Å². The fourth-order valence-corrected chi connectivity index (χ4v) is 2.04. The van der Waals surface area contributed by atoms with Gasteiger partial charge >= 0.3 is 12.4 Å². The maximum Gasteiger partial charge on any atom is 0.416 e. The van der Waals surface area contributed by atoms with E-state index in [0.29, 0.717) is 12.1 Å². The van der Waals surface area contributed by atoms with Gasteiger partial charge < -0.3 is 5.11 Å². The first-order chi connectivity index (χ1) is 9.05. The summed E-state index contributed by atoms with van der Waals surface area (Å²) in [5, 5.41) is 9.06. The molecule has 1 aliphatic heterocycles. The van der Waals surface area contributed by atoms with Gasteiger partial charge in [0.05, 0.1) is 17.2 Å². The van der Waals surface area contributed by atoms with Crippen molar-refractivity contribution in [3.63, 3.8) is 0 Å². The molecule has 0 aromatic heterocycles. The molecule has 1 aromatic rings. The van der Waals surface area contributed by atoms with Crippen LogP contribution in [0.4, 0.5) is 26.3 Å². The van der Waals surface area contributed by atoms with Crippen LogP contribution < -0.4 is 0 Å². The Labute approximate surface area is 110 Å². The summed E-state index contributed by atoms with van der Waals surface area (Å²) >= 11 is 0. The fraction of sp³-hybridized carbons (Fsp3) is 0.500. The van der Waals surface area contributed by atoms with Gasteiger partial charge in [-0.3, -0.25) is 4.90 Å². The lowest BCUT2D eigenvalue weighted by molar-refractivity contribution is -0.143. The Morgan fingerprint density at radius 2 is 1.40 bits per heavy atom. The first-order valence-corrected chi connectivity index (χ1v) is 5.74. The second-order valence-corrected chi connectivity index (χ2v) is 4.76. The third-order valence-electron chi connectivity index (χ3n) is 2.99. The van der Waals surface area contributed by atoms with E-state index in [2.05, 4.69) is 0 Å². The minimum absolute atomic E-state index is 0.0515. The number of β-amino-alcohol motifs (C(OH)–C–C–N with tert-alkyl or cyclic N) is 1. The van der Waals surface area contributed by atoms with Gasteiger partial charge in [0.15, 0.2) is 0 Å². The van der Waals surface area contributed by atoms with Crippen LogP contribution in [0.1, 0.15) is 16.7 Å². The number of alkyl halides is 6. The third-order valence-corrected chi connectivity index (χ3v) is 2.99. The molecule has 0 unspecified atom stereocenters. The van der Waals surface area contributed by atoms with E-state index < -0.39 is 29.6 Å². The summed E-state index contributed by atoms with van der Waals surface area (Å²) in [6.07, 6.45) is -10.2. The van der Waals surface area contributed by atoms with Crippen LogP contribution in [-0.4, -0.2) is 29.2 Å². The molecule has 0 bridgehead atoms. The number of aliphatic hydroxyl groups excluding tert-OH is 1. The molecule has 0 aliphatic carbocycles. The molecular weight excluding hydrogens is 288 g/mol. The Morgan fingerprint density at radius 1 is 0.950 bits per heavy atom. The Hall–Kier alpha value is -1.28. The lowest BCUT2D eigenvalue weighted by atomic mass is 10.0. The normalized spacial score (nSPS) is 18.1. The van der Waals surface area contributed by atoms with E-state index >= 15 is 0 Å². The first-order valence-electron chi connectivity index (χ1n) is 5.74. The summed E-state index contributed by atoms with van der Waals surface area (Å²) in [6.45, 7) is 0.444. The maximum absolute atomic E-state index is 12.6. The number of halogens is 6. The highest BCUT2D eigenvalue weighted by molar-refractivity contribution is 5.33. The van der Waals surface area contributed by atoms with Gasteiger partial charge in [-0.15, -0.1) is 0 Å². The van der Waals surface area contributed by atoms with Crippen molar-refractivity contribution in [1.82, 2.24) is 4.90 Å². The molecule has 1 aliphatic rings. The summed E-state index contributed by atoms with van der Waals surface area (Å²) in [5.41, 5.74) is -2.70. The molecule has 0 spiro atoms. The quantitative estimate of drug-likeness (QED) is 0.849. The Morgan fingerprint density at radius 3 is 1.75 bits per heavy atom. The zero-order chi connectivity index (χ0) is 15.1. The van der Waals surface area contributed by atoms with Crippen LogP contribution in [0.2, 0.25) is 0 Å². The number of nitrogens with zero attached hydrogens (tertiary/aromatic N) is 1. The van der Waals surface area contributed by atoms with Gasteiger partial charge in [0.25, 0.3) is 0 Å². The molecular formula is C12H11F6NO. The zero-order valence-electron chi connectivity index (χ0n) is 10.1.